The minimum Gasteiger partial charge on any atom is -0.461 e. The van der Waals surface area contributed by atoms with Gasteiger partial charge in [0.2, 0.25) is 11.8 Å². The first-order valence-corrected chi connectivity index (χ1v) is 18.3. The number of likely N-dealkylation sites (tertiary alicyclic amines) is 1. The molecule has 2 N–H and O–H groups in total. The average Bonchev–Trinajstić information content (AvgIpc) is 3.62. The van der Waals surface area contributed by atoms with Crippen LogP contribution in [0.15, 0.2) is 5.38 Å². The molecule has 2 heterocycles. The first-order valence-electron chi connectivity index (χ1n) is 17.4. The van der Waals surface area contributed by atoms with Gasteiger partial charge in [0, 0.05) is 30.9 Å². The lowest BCUT2D eigenvalue weighted by Gasteiger charge is -2.41. The summed E-state index contributed by atoms with van der Waals surface area (Å²) in [7, 11) is 0. The van der Waals surface area contributed by atoms with E-state index in [0.717, 1.165) is 25.7 Å². The molecule has 5 atom stereocenters. The third-order valence-corrected chi connectivity index (χ3v) is 9.82. The number of amides is 3. The highest BCUT2D eigenvalue weighted by Crippen LogP contribution is 2.33. The van der Waals surface area contributed by atoms with Crippen molar-refractivity contribution < 1.29 is 33.8 Å². The largest absolute Gasteiger partial charge is 0.461 e. The molecule has 12 heteroatoms. The van der Waals surface area contributed by atoms with Gasteiger partial charge in [-0.2, -0.15) is 0 Å². The Kier molecular flexibility index (Phi) is 15.6. The lowest BCUT2D eigenvalue weighted by molar-refractivity contribution is -0.149. The molecule has 0 aliphatic carbocycles. The molecule has 3 amide bonds. The molecule has 11 nitrogen and oxygen atoms in total. The van der Waals surface area contributed by atoms with Crippen LogP contribution in [0.25, 0.3) is 0 Å². The number of aliphatic hydroxyl groups excluding tert-OH is 1. The molecule has 47 heavy (non-hydrogen) atoms. The molecule has 0 aromatic carbocycles. The third kappa shape index (κ3) is 11.4. The highest BCUT2D eigenvalue weighted by Gasteiger charge is 2.46. The summed E-state index contributed by atoms with van der Waals surface area (Å²) in [5.74, 6) is -2.54. The van der Waals surface area contributed by atoms with Crippen LogP contribution in [0.4, 0.5) is 4.79 Å². The zero-order chi connectivity index (χ0) is 35.5. The van der Waals surface area contributed by atoms with Crippen LogP contribution in [-0.4, -0.2) is 80.8 Å². The molecular weight excluding hydrogens is 620 g/mol. The summed E-state index contributed by atoms with van der Waals surface area (Å²) < 4.78 is 10.7. The molecule has 1 aromatic heterocycles. The second-order valence-electron chi connectivity index (χ2n) is 14.3. The first kappa shape index (κ1) is 40.4. The van der Waals surface area contributed by atoms with Gasteiger partial charge >= 0.3 is 12.1 Å². The molecule has 0 spiro atoms. The van der Waals surface area contributed by atoms with Crippen LogP contribution in [0.3, 0.4) is 0 Å². The average molecular weight is 681 g/mol. The Bertz CT molecular complexity index is 1180. The van der Waals surface area contributed by atoms with E-state index in [1.54, 1.807) is 42.9 Å². The van der Waals surface area contributed by atoms with Crippen LogP contribution in [-0.2, 0) is 19.1 Å². The van der Waals surface area contributed by atoms with Crippen molar-refractivity contribution in [2.75, 3.05) is 19.7 Å². The van der Waals surface area contributed by atoms with Crippen molar-refractivity contribution in [2.24, 2.45) is 17.8 Å². The molecule has 0 radical (unpaired) electrons. The van der Waals surface area contributed by atoms with Gasteiger partial charge in [-0.1, -0.05) is 60.3 Å². The number of hydrogen-bond donors (Lipinski definition) is 2. The second kappa shape index (κ2) is 18.1. The molecule has 1 saturated heterocycles. The van der Waals surface area contributed by atoms with E-state index in [1.165, 1.54) is 11.3 Å². The lowest BCUT2D eigenvalue weighted by atomic mass is 9.86. The van der Waals surface area contributed by atoms with Crippen molar-refractivity contribution >= 4 is 35.2 Å². The highest BCUT2D eigenvalue weighted by atomic mass is 32.1. The van der Waals surface area contributed by atoms with E-state index in [9.17, 15) is 24.3 Å². The van der Waals surface area contributed by atoms with E-state index < -0.39 is 47.3 Å². The Balaban J connectivity index is 2.41. The van der Waals surface area contributed by atoms with Crippen LogP contribution < -0.4 is 5.32 Å². The Morgan fingerprint density at radius 1 is 1.13 bits per heavy atom. The van der Waals surface area contributed by atoms with Crippen molar-refractivity contribution in [3.8, 4) is 0 Å². The first-order chi connectivity index (χ1) is 22.0. The Morgan fingerprint density at radius 2 is 1.81 bits per heavy atom. The molecule has 0 unspecified atom stereocenters. The molecule has 2 rings (SSSR count). The van der Waals surface area contributed by atoms with Gasteiger partial charge in [-0.3, -0.25) is 14.5 Å². The van der Waals surface area contributed by atoms with Crippen LogP contribution in [0, 0.1) is 17.8 Å². The van der Waals surface area contributed by atoms with Crippen LogP contribution >= 0.6 is 11.3 Å². The number of thiazole rings is 1. The van der Waals surface area contributed by atoms with Gasteiger partial charge in [0.25, 0.3) is 0 Å². The Hall–Kier alpha value is -2.73. The summed E-state index contributed by atoms with van der Waals surface area (Å²) in [6.07, 6.45) is 4.30. The van der Waals surface area contributed by atoms with Gasteiger partial charge in [0.1, 0.15) is 28.3 Å². The minimum atomic E-state index is -1.02. The predicted octanol–water partition coefficient (Wildman–Crippen LogP) is 6.70. The number of aliphatic hydroxyl groups is 1. The van der Waals surface area contributed by atoms with Crippen molar-refractivity contribution in [2.45, 2.75) is 144 Å². The van der Waals surface area contributed by atoms with E-state index >= 15 is 0 Å². The van der Waals surface area contributed by atoms with Crippen LogP contribution in [0.1, 0.15) is 142 Å². The predicted molar refractivity (Wildman–Crippen MR) is 184 cm³/mol. The van der Waals surface area contributed by atoms with Gasteiger partial charge in [0.05, 0.1) is 6.61 Å². The maximum atomic E-state index is 14.7. The number of carbonyl (C=O) groups excluding carboxylic acids is 4. The molecule has 1 fully saturated rings. The van der Waals surface area contributed by atoms with Gasteiger partial charge in [0.15, 0.2) is 5.69 Å². The van der Waals surface area contributed by atoms with E-state index in [1.807, 2.05) is 34.6 Å². The van der Waals surface area contributed by atoms with Gasteiger partial charge in [-0.15, -0.1) is 11.3 Å². The molecule has 1 aliphatic rings. The highest BCUT2D eigenvalue weighted by molar-refractivity contribution is 7.09. The standard InChI is InChI=1S/C35H60N4O7S/c1-11-14-15-16-19-38(26(23(4)5)21-27(40)30-36-25(22-47-30)32(43)45-13-3)31(42)28(24(6)12-2)29(41)37-35(10)18-17-20-39(35)33(44)46-34(7,8)9/h22-24,26-28,40H,11-21H2,1-10H3,(H,37,41)/t24-,26+,27+,28-,35+/m0/s1. The van der Waals surface area contributed by atoms with Gasteiger partial charge in [-0.25, -0.2) is 14.6 Å². The number of nitrogens with one attached hydrogen (secondary N) is 1. The Morgan fingerprint density at radius 3 is 2.38 bits per heavy atom. The third-order valence-electron chi connectivity index (χ3n) is 8.87. The summed E-state index contributed by atoms with van der Waals surface area (Å²) in [6, 6.07) is -0.395. The van der Waals surface area contributed by atoms with E-state index in [0.29, 0.717) is 37.4 Å². The summed E-state index contributed by atoms with van der Waals surface area (Å²) in [5, 5.41) is 16.4. The van der Waals surface area contributed by atoms with Gasteiger partial charge < -0.3 is 24.8 Å². The van der Waals surface area contributed by atoms with Crippen molar-refractivity contribution in [3.05, 3.63) is 16.1 Å². The molecule has 0 bridgehead atoms. The normalized spacial score (nSPS) is 19.2. The molecule has 1 aliphatic heterocycles. The fraction of sp³-hybridized carbons (Fsp3) is 0.800. The molecule has 1 aromatic rings. The number of hydrogen-bond acceptors (Lipinski definition) is 9. The number of esters is 1. The number of rotatable bonds is 17. The number of ether oxygens (including phenoxy) is 2. The maximum absolute atomic E-state index is 14.7. The number of unbranched alkanes of at least 4 members (excludes halogenated alkanes) is 3. The summed E-state index contributed by atoms with van der Waals surface area (Å²) in [4.78, 5) is 61.8. The second-order valence-corrected chi connectivity index (χ2v) is 15.2. The lowest BCUT2D eigenvalue weighted by Crippen LogP contribution is -2.61. The smallest absolute Gasteiger partial charge is 0.412 e. The monoisotopic (exact) mass is 680 g/mol. The zero-order valence-electron chi connectivity index (χ0n) is 30.4. The number of aromatic nitrogens is 1. The van der Waals surface area contributed by atoms with Crippen molar-refractivity contribution in [3.63, 3.8) is 0 Å². The maximum Gasteiger partial charge on any atom is 0.412 e. The summed E-state index contributed by atoms with van der Waals surface area (Å²) >= 11 is 1.18. The SMILES string of the molecule is CCCCCCN(C(=O)[C@H](C(=O)N[C@@]1(C)CCCN1C(=O)OC(C)(C)C)[C@@H](C)CC)[C@H](C[C@@H](O)c1nc(C(=O)OCC)cs1)C(C)C. The molecule has 0 saturated carbocycles. The topological polar surface area (TPSA) is 138 Å². The fourth-order valence-corrected chi connectivity index (χ4v) is 6.84. The van der Waals surface area contributed by atoms with E-state index in [-0.39, 0.29) is 36.5 Å². The molecular formula is C35H60N4O7S. The van der Waals surface area contributed by atoms with Crippen LogP contribution in [0.5, 0.6) is 0 Å². The molecule has 268 valence electrons. The quantitative estimate of drug-likeness (QED) is 0.105. The minimum absolute atomic E-state index is 0.0417. The van der Waals surface area contributed by atoms with Crippen LogP contribution in [0.2, 0.25) is 0 Å². The van der Waals surface area contributed by atoms with E-state index in [4.69, 9.17) is 9.47 Å². The van der Waals surface area contributed by atoms with E-state index in [2.05, 4.69) is 17.2 Å². The summed E-state index contributed by atoms with van der Waals surface area (Å²) in [6.45, 7) is 20.1. The summed E-state index contributed by atoms with van der Waals surface area (Å²) in [5.41, 5.74) is -1.53. The van der Waals surface area contributed by atoms with Crippen molar-refractivity contribution in [1.29, 1.82) is 0 Å². The number of carbonyl (C=O) groups is 4. The van der Waals surface area contributed by atoms with Crippen molar-refractivity contribution in [1.82, 2.24) is 20.1 Å². The zero-order valence-corrected chi connectivity index (χ0v) is 31.2. The Labute approximate surface area is 286 Å². The van der Waals surface area contributed by atoms with Gasteiger partial charge in [-0.05, 0) is 65.7 Å². The fourth-order valence-electron chi connectivity index (χ4n) is 6.05. The number of nitrogens with zero attached hydrogens (tertiary/aromatic N) is 3.